The Morgan fingerprint density at radius 2 is 2.42 bits per heavy atom. The number of piperidine rings is 1. The van der Waals surface area contributed by atoms with Crippen molar-refractivity contribution in [2.45, 2.75) is 38.5 Å². The summed E-state index contributed by atoms with van der Waals surface area (Å²) < 4.78 is 0. The van der Waals surface area contributed by atoms with Crippen molar-refractivity contribution >= 4 is 0 Å². The number of aliphatic hydroxyl groups excluding tert-OH is 1. The summed E-state index contributed by atoms with van der Waals surface area (Å²) in [5, 5.41) is 12.5. The van der Waals surface area contributed by atoms with Crippen LogP contribution in [0.15, 0.2) is 23.3 Å². The molecule has 2 N–H and O–H groups in total. The zero-order chi connectivity index (χ0) is 8.55. The van der Waals surface area contributed by atoms with Gasteiger partial charge in [0.1, 0.15) is 6.23 Å². The van der Waals surface area contributed by atoms with Crippen LogP contribution in [-0.4, -0.2) is 17.4 Å². The topological polar surface area (TPSA) is 32.3 Å². The summed E-state index contributed by atoms with van der Waals surface area (Å²) in [6.45, 7) is 2.13. The summed E-state index contributed by atoms with van der Waals surface area (Å²) >= 11 is 0. The first-order chi connectivity index (χ1) is 5.75. The Kier molecular flexibility index (Phi) is 2.03. The first-order valence-electron chi connectivity index (χ1n) is 4.57. The van der Waals surface area contributed by atoms with Gasteiger partial charge in [0.05, 0.1) is 0 Å². The molecule has 2 aliphatic rings. The van der Waals surface area contributed by atoms with Gasteiger partial charge in [-0.25, -0.2) is 0 Å². The lowest BCUT2D eigenvalue weighted by Crippen LogP contribution is -2.44. The van der Waals surface area contributed by atoms with Crippen molar-refractivity contribution in [1.82, 2.24) is 5.32 Å². The van der Waals surface area contributed by atoms with E-state index in [0.717, 1.165) is 19.3 Å². The number of hydrogen-bond donors (Lipinski definition) is 2. The summed E-state index contributed by atoms with van der Waals surface area (Å²) in [6, 6.07) is 0.400. The van der Waals surface area contributed by atoms with Gasteiger partial charge in [0.15, 0.2) is 0 Å². The third-order valence-electron chi connectivity index (χ3n) is 2.64. The Bertz CT molecular complexity index is 242. The van der Waals surface area contributed by atoms with Gasteiger partial charge in [-0.15, -0.1) is 0 Å². The normalized spacial score (nSPS) is 35.2. The number of aliphatic hydroxyl groups is 1. The van der Waals surface area contributed by atoms with E-state index in [1.54, 1.807) is 0 Å². The quantitative estimate of drug-likeness (QED) is 0.567. The summed E-state index contributed by atoms with van der Waals surface area (Å²) in [5.41, 5.74) is 2.82. The highest BCUT2D eigenvalue weighted by atomic mass is 16.3. The van der Waals surface area contributed by atoms with Crippen LogP contribution in [0.3, 0.4) is 0 Å². The third-order valence-corrected chi connectivity index (χ3v) is 2.64. The molecule has 0 aromatic rings. The standard InChI is InChI=1S/C10H15NO/c1-7-2-4-9-8(6-7)3-5-10(12)11-9/h2,6,9-12H,3-5H2,1H3. The fourth-order valence-corrected chi connectivity index (χ4v) is 1.95. The molecule has 2 heteroatoms. The highest BCUT2D eigenvalue weighted by Gasteiger charge is 2.24. The summed E-state index contributed by atoms with van der Waals surface area (Å²) in [7, 11) is 0. The SMILES string of the molecule is CC1=CCC2NC(O)CCC2=C1. The van der Waals surface area contributed by atoms with Crippen molar-refractivity contribution in [3.8, 4) is 0 Å². The second-order valence-electron chi connectivity index (χ2n) is 3.68. The fraction of sp³-hybridized carbons (Fsp3) is 0.600. The van der Waals surface area contributed by atoms with Crippen molar-refractivity contribution in [2.75, 3.05) is 0 Å². The van der Waals surface area contributed by atoms with Crippen molar-refractivity contribution in [1.29, 1.82) is 0 Å². The Morgan fingerprint density at radius 3 is 3.25 bits per heavy atom. The second-order valence-corrected chi connectivity index (χ2v) is 3.68. The van der Waals surface area contributed by atoms with Crippen LogP contribution in [0.2, 0.25) is 0 Å². The van der Waals surface area contributed by atoms with Crippen LogP contribution in [0.25, 0.3) is 0 Å². The predicted molar refractivity (Wildman–Crippen MR) is 48.6 cm³/mol. The molecule has 12 heavy (non-hydrogen) atoms. The molecule has 1 heterocycles. The van der Waals surface area contributed by atoms with Crippen LogP contribution < -0.4 is 5.32 Å². The zero-order valence-electron chi connectivity index (χ0n) is 7.38. The molecule has 0 aromatic carbocycles. The molecule has 1 fully saturated rings. The Labute approximate surface area is 73.0 Å². The Balaban J connectivity index is 2.13. The van der Waals surface area contributed by atoms with Gasteiger partial charge in [0.25, 0.3) is 0 Å². The Morgan fingerprint density at radius 1 is 1.58 bits per heavy atom. The molecular formula is C10H15NO. The van der Waals surface area contributed by atoms with Crippen LogP contribution in [-0.2, 0) is 0 Å². The van der Waals surface area contributed by atoms with Gasteiger partial charge in [0, 0.05) is 6.04 Å². The van der Waals surface area contributed by atoms with Gasteiger partial charge in [-0.1, -0.05) is 23.3 Å². The van der Waals surface area contributed by atoms with Gasteiger partial charge in [-0.05, 0) is 26.2 Å². The molecule has 1 aliphatic heterocycles. The van der Waals surface area contributed by atoms with E-state index in [4.69, 9.17) is 0 Å². The number of hydrogen-bond acceptors (Lipinski definition) is 2. The van der Waals surface area contributed by atoms with Crippen LogP contribution in [0.1, 0.15) is 26.2 Å². The molecule has 0 spiro atoms. The van der Waals surface area contributed by atoms with E-state index in [-0.39, 0.29) is 6.23 Å². The molecule has 0 saturated carbocycles. The molecule has 0 radical (unpaired) electrons. The van der Waals surface area contributed by atoms with Crippen LogP contribution in [0, 0.1) is 0 Å². The Hall–Kier alpha value is -0.600. The zero-order valence-corrected chi connectivity index (χ0v) is 7.38. The maximum atomic E-state index is 9.35. The lowest BCUT2D eigenvalue weighted by atomic mass is 9.88. The van der Waals surface area contributed by atoms with Crippen molar-refractivity contribution in [3.05, 3.63) is 23.3 Å². The summed E-state index contributed by atoms with van der Waals surface area (Å²) in [5.74, 6) is 0. The lowest BCUT2D eigenvalue weighted by Gasteiger charge is -2.32. The van der Waals surface area contributed by atoms with Gasteiger partial charge >= 0.3 is 0 Å². The van der Waals surface area contributed by atoms with E-state index < -0.39 is 0 Å². The van der Waals surface area contributed by atoms with Crippen molar-refractivity contribution in [3.63, 3.8) is 0 Å². The molecule has 0 bridgehead atoms. The van der Waals surface area contributed by atoms with Crippen molar-refractivity contribution in [2.24, 2.45) is 0 Å². The molecule has 2 atom stereocenters. The van der Waals surface area contributed by atoms with Crippen LogP contribution in [0.5, 0.6) is 0 Å². The highest BCUT2D eigenvalue weighted by Crippen LogP contribution is 2.26. The van der Waals surface area contributed by atoms with E-state index in [9.17, 15) is 5.11 Å². The minimum Gasteiger partial charge on any atom is -0.379 e. The first kappa shape index (κ1) is 8.02. The van der Waals surface area contributed by atoms with E-state index in [0.29, 0.717) is 6.04 Å². The molecule has 0 aromatic heterocycles. The summed E-state index contributed by atoms with van der Waals surface area (Å²) in [4.78, 5) is 0. The summed E-state index contributed by atoms with van der Waals surface area (Å²) in [6.07, 6.45) is 7.11. The van der Waals surface area contributed by atoms with E-state index in [1.807, 2.05) is 0 Å². The molecule has 66 valence electrons. The van der Waals surface area contributed by atoms with Crippen molar-refractivity contribution < 1.29 is 5.11 Å². The maximum Gasteiger partial charge on any atom is 0.105 e. The van der Waals surface area contributed by atoms with Gasteiger partial charge in [0.2, 0.25) is 0 Å². The van der Waals surface area contributed by atoms with E-state index in [2.05, 4.69) is 24.4 Å². The number of rotatable bonds is 0. The highest BCUT2D eigenvalue weighted by molar-refractivity contribution is 5.31. The lowest BCUT2D eigenvalue weighted by molar-refractivity contribution is 0.103. The minimum atomic E-state index is -0.293. The molecule has 1 aliphatic carbocycles. The smallest absolute Gasteiger partial charge is 0.105 e. The van der Waals surface area contributed by atoms with Gasteiger partial charge < -0.3 is 5.11 Å². The van der Waals surface area contributed by atoms with E-state index in [1.165, 1.54) is 11.1 Å². The molecule has 2 nitrogen and oxygen atoms in total. The predicted octanol–water partition coefficient (Wildman–Crippen LogP) is 1.33. The molecule has 0 amide bonds. The maximum absolute atomic E-state index is 9.35. The van der Waals surface area contributed by atoms with Gasteiger partial charge in [-0.2, -0.15) is 0 Å². The van der Waals surface area contributed by atoms with Crippen LogP contribution >= 0.6 is 0 Å². The van der Waals surface area contributed by atoms with E-state index >= 15 is 0 Å². The fourth-order valence-electron chi connectivity index (χ4n) is 1.95. The third kappa shape index (κ3) is 1.45. The van der Waals surface area contributed by atoms with Gasteiger partial charge in [-0.3, -0.25) is 5.32 Å². The molecule has 1 saturated heterocycles. The second kappa shape index (κ2) is 3.04. The minimum absolute atomic E-state index is 0.293. The average Bonchev–Trinajstić information content (AvgIpc) is 2.05. The average molecular weight is 165 g/mol. The molecule has 2 unspecified atom stereocenters. The first-order valence-corrected chi connectivity index (χ1v) is 4.57. The van der Waals surface area contributed by atoms with Crippen LogP contribution in [0.4, 0.5) is 0 Å². The molecule has 2 rings (SSSR count). The number of nitrogens with one attached hydrogen (secondary N) is 1. The largest absolute Gasteiger partial charge is 0.379 e. The number of fused-ring (bicyclic) bond motifs is 1. The number of allylic oxidation sites excluding steroid dienone is 2. The molecular weight excluding hydrogens is 150 g/mol. The monoisotopic (exact) mass is 165 g/mol.